The Labute approximate surface area is 78.0 Å². The van der Waals surface area contributed by atoms with Crippen molar-refractivity contribution in [1.29, 1.82) is 0 Å². The lowest BCUT2D eigenvalue weighted by atomic mass is 9.85. The van der Waals surface area contributed by atoms with Crippen LogP contribution in [0.4, 0.5) is 0 Å². The van der Waals surface area contributed by atoms with Crippen molar-refractivity contribution in [3.05, 3.63) is 24.5 Å². The predicted octanol–water partition coefficient (Wildman–Crippen LogP) is 1.14. The molecule has 0 spiro atoms. The average Bonchev–Trinajstić information content (AvgIpc) is 2.07. The maximum Gasteiger partial charge on any atom is 0.108 e. The summed E-state index contributed by atoms with van der Waals surface area (Å²) in [5, 5.41) is 27.4. The van der Waals surface area contributed by atoms with E-state index in [1.807, 2.05) is 6.08 Å². The molecule has 0 heterocycles. The first kappa shape index (κ1) is 10.3. The highest BCUT2D eigenvalue weighted by Gasteiger charge is 2.25. The van der Waals surface area contributed by atoms with Crippen LogP contribution in [0.25, 0.3) is 0 Å². The van der Waals surface area contributed by atoms with Crippen LogP contribution in [0.15, 0.2) is 24.5 Å². The zero-order valence-electron chi connectivity index (χ0n) is 7.56. The summed E-state index contributed by atoms with van der Waals surface area (Å²) in [6, 6.07) is 0. The van der Waals surface area contributed by atoms with Gasteiger partial charge in [-0.15, -0.1) is 0 Å². The highest BCUT2D eigenvalue weighted by molar-refractivity contribution is 5.07. The number of aliphatic hydroxyl groups is 3. The van der Waals surface area contributed by atoms with Gasteiger partial charge in [0.05, 0.1) is 12.2 Å². The predicted molar refractivity (Wildman–Crippen MR) is 50.3 cm³/mol. The molecule has 0 radical (unpaired) electrons. The molecular weight excluding hydrogens is 168 g/mol. The number of hydrogen-bond acceptors (Lipinski definition) is 3. The van der Waals surface area contributed by atoms with Crippen LogP contribution in [0, 0.1) is 5.92 Å². The van der Waals surface area contributed by atoms with Crippen LogP contribution in [-0.2, 0) is 0 Å². The molecule has 74 valence electrons. The lowest BCUT2D eigenvalue weighted by molar-refractivity contribution is -0.0189. The van der Waals surface area contributed by atoms with Crippen LogP contribution >= 0.6 is 0 Å². The van der Waals surface area contributed by atoms with Crippen molar-refractivity contribution in [1.82, 2.24) is 0 Å². The summed E-state index contributed by atoms with van der Waals surface area (Å²) >= 11 is 0. The minimum Gasteiger partial charge on any atom is -0.509 e. The molecule has 3 N–H and O–H groups in total. The maximum absolute atomic E-state index is 9.34. The van der Waals surface area contributed by atoms with Gasteiger partial charge in [-0.3, -0.25) is 0 Å². The molecule has 1 rings (SSSR count). The molecule has 1 aliphatic carbocycles. The molecule has 3 nitrogen and oxygen atoms in total. The third-order valence-corrected chi connectivity index (χ3v) is 2.38. The summed E-state index contributed by atoms with van der Waals surface area (Å²) < 4.78 is 0. The highest BCUT2D eigenvalue weighted by Crippen LogP contribution is 2.25. The van der Waals surface area contributed by atoms with E-state index in [1.165, 1.54) is 6.08 Å². The summed E-state index contributed by atoms with van der Waals surface area (Å²) in [4.78, 5) is 0. The molecule has 1 aliphatic rings. The van der Waals surface area contributed by atoms with Crippen molar-refractivity contribution in [2.45, 2.75) is 31.5 Å². The van der Waals surface area contributed by atoms with Crippen molar-refractivity contribution in [3.8, 4) is 0 Å². The van der Waals surface area contributed by atoms with Gasteiger partial charge in [-0.05, 0) is 31.3 Å². The van der Waals surface area contributed by atoms with E-state index < -0.39 is 12.2 Å². The first-order chi connectivity index (χ1) is 6.09. The fourth-order valence-corrected chi connectivity index (χ4v) is 1.58. The molecule has 13 heavy (non-hydrogen) atoms. The Kier molecular flexibility index (Phi) is 3.51. The van der Waals surface area contributed by atoms with Crippen molar-refractivity contribution >= 4 is 0 Å². The quantitative estimate of drug-likeness (QED) is 0.445. The van der Waals surface area contributed by atoms with E-state index in [4.69, 9.17) is 5.11 Å². The standard InChI is InChI=1S/C10H16O3/c1-7(11)2-3-8-4-5-9(12)10(13)6-8/h2-3,8-13H,1,4-6H2/b3-2+. The molecule has 0 bridgehead atoms. The number of allylic oxidation sites excluding steroid dienone is 2. The maximum atomic E-state index is 9.34. The van der Waals surface area contributed by atoms with E-state index in [2.05, 4.69) is 6.58 Å². The summed E-state index contributed by atoms with van der Waals surface area (Å²) in [6.07, 6.45) is 4.19. The van der Waals surface area contributed by atoms with Gasteiger partial charge in [-0.1, -0.05) is 12.7 Å². The Morgan fingerprint density at radius 1 is 1.23 bits per heavy atom. The van der Waals surface area contributed by atoms with Gasteiger partial charge < -0.3 is 15.3 Å². The van der Waals surface area contributed by atoms with Gasteiger partial charge in [0.1, 0.15) is 5.76 Å². The first-order valence-electron chi connectivity index (χ1n) is 4.52. The van der Waals surface area contributed by atoms with Crippen LogP contribution in [0.3, 0.4) is 0 Å². The molecule has 0 saturated heterocycles. The van der Waals surface area contributed by atoms with Crippen LogP contribution < -0.4 is 0 Å². The van der Waals surface area contributed by atoms with Crippen LogP contribution in [-0.4, -0.2) is 27.5 Å². The number of rotatable bonds is 2. The minimum absolute atomic E-state index is 0.0283. The van der Waals surface area contributed by atoms with Crippen molar-refractivity contribution < 1.29 is 15.3 Å². The third kappa shape index (κ3) is 3.20. The molecule has 0 aromatic heterocycles. The normalized spacial score (nSPS) is 35.1. The Morgan fingerprint density at radius 3 is 2.46 bits per heavy atom. The number of aliphatic hydroxyl groups excluding tert-OH is 3. The topological polar surface area (TPSA) is 60.7 Å². The Hall–Kier alpha value is -0.800. The molecule has 3 atom stereocenters. The molecular formula is C10H16O3. The molecule has 0 aromatic carbocycles. The summed E-state index contributed by atoms with van der Waals surface area (Å²) in [5.74, 6) is 0.267. The van der Waals surface area contributed by atoms with Gasteiger partial charge >= 0.3 is 0 Å². The van der Waals surface area contributed by atoms with Crippen LogP contribution in [0.5, 0.6) is 0 Å². The third-order valence-electron chi connectivity index (χ3n) is 2.38. The van der Waals surface area contributed by atoms with E-state index in [-0.39, 0.29) is 11.7 Å². The second-order valence-electron chi connectivity index (χ2n) is 3.56. The Bertz CT molecular complexity index is 210. The van der Waals surface area contributed by atoms with E-state index in [0.29, 0.717) is 12.8 Å². The van der Waals surface area contributed by atoms with Crippen LogP contribution in [0.2, 0.25) is 0 Å². The van der Waals surface area contributed by atoms with E-state index >= 15 is 0 Å². The van der Waals surface area contributed by atoms with Crippen molar-refractivity contribution in [3.63, 3.8) is 0 Å². The molecule has 0 amide bonds. The molecule has 1 fully saturated rings. The van der Waals surface area contributed by atoms with E-state index in [1.54, 1.807) is 0 Å². The smallest absolute Gasteiger partial charge is 0.108 e. The molecule has 0 aromatic rings. The fourth-order valence-electron chi connectivity index (χ4n) is 1.58. The van der Waals surface area contributed by atoms with Crippen molar-refractivity contribution in [2.75, 3.05) is 0 Å². The van der Waals surface area contributed by atoms with Gasteiger partial charge in [0.15, 0.2) is 0 Å². The second-order valence-corrected chi connectivity index (χ2v) is 3.56. The van der Waals surface area contributed by atoms with E-state index in [0.717, 1.165) is 6.42 Å². The zero-order chi connectivity index (χ0) is 9.84. The number of hydrogen-bond donors (Lipinski definition) is 3. The largest absolute Gasteiger partial charge is 0.509 e. The second kappa shape index (κ2) is 4.44. The monoisotopic (exact) mass is 184 g/mol. The zero-order valence-corrected chi connectivity index (χ0v) is 7.56. The average molecular weight is 184 g/mol. The van der Waals surface area contributed by atoms with Gasteiger partial charge in [0.2, 0.25) is 0 Å². The Balaban J connectivity index is 2.42. The lowest BCUT2D eigenvalue weighted by Gasteiger charge is -2.28. The molecule has 0 aliphatic heterocycles. The van der Waals surface area contributed by atoms with E-state index in [9.17, 15) is 10.2 Å². The van der Waals surface area contributed by atoms with Crippen LogP contribution in [0.1, 0.15) is 19.3 Å². The molecule has 1 saturated carbocycles. The van der Waals surface area contributed by atoms with Gasteiger partial charge in [0.25, 0.3) is 0 Å². The van der Waals surface area contributed by atoms with Crippen molar-refractivity contribution in [2.24, 2.45) is 5.92 Å². The van der Waals surface area contributed by atoms with Gasteiger partial charge in [-0.2, -0.15) is 0 Å². The van der Waals surface area contributed by atoms with Gasteiger partial charge in [0, 0.05) is 0 Å². The Morgan fingerprint density at radius 2 is 1.92 bits per heavy atom. The SMILES string of the molecule is C=C(O)/C=C/C1CCC(O)C(O)C1. The molecule has 3 heteroatoms. The highest BCUT2D eigenvalue weighted by atomic mass is 16.3. The first-order valence-corrected chi connectivity index (χ1v) is 4.52. The minimum atomic E-state index is -0.629. The summed E-state index contributed by atoms with van der Waals surface area (Å²) in [6.45, 7) is 3.33. The molecule has 3 unspecified atom stereocenters. The summed E-state index contributed by atoms with van der Waals surface area (Å²) in [7, 11) is 0. The fraction of sp³-hybridized carbons (Fsp3) is 0.600. The lowest BCUT2D eigenvalue weighted by Crippen LogP contribution is -2.32. The van der Waals surface area contributed by atoms with Gasteiger partial charge in [-0.25, -0.2) is 0 Å². The summed E-state index contributed by atoms with van der Waals surface area (Å²) in [5.41, 5.74) is 0.